The molecule has 2 rings (SSSR count). The first kappa shape index (κ1) is 17.1. The van der Waals surface area contributed by atoms with Crippen LogP contribution in [0.1, 0.15) is 24.5 Å². The van der Waals surface area contributed by atoms with E-state index in [1.165, 1.54) is 16.7 Å². The number of hydrogen-bond donors (Lipinski definition) is 1. The fourth-order valence-electron chi connectivity index (χ4n) is 2.64. The highest BCUT2D eigenvalue weighted by Crippen LogP contribution is 2.31. The van der Waals surface area contributed by atoms with Crippen LogP contribution in [0.15, 0.2) is 18.2 Å². The molecule has 0 fully saturated rings. The van der Waals surface area contributed by atoms with Crippen molar-refractivity contribution in [2.75, 3.05) is 18.1 Å². The van der Waals surface area contributed by atoms with Crippen molar-refractivity contribution in [3.8, 4) is 0 Å². The van der Waals surface area contributed by atoms with Crippen LogP contribution in [0.5, 0.6) is 0 Å². The van der Waals surface area contributed by atoms with Gasteiger partial charge in [0, 0.05) is 18.8 Å². The maximum atomic E-state index is 12.5. The Kier molecular flexibility index (Phi) is 5.39. The number of nitrogens with zero attached hydrogens (tertiary/aromatic N) is 1. The van der Waals surface area contributed by atoms with Crippen LogP contribution in [0, 0.1) is 0 Å². The molecule has 0 aliphatic carbocycles. The molecule has 7 heteroatoms. The number of carbonyl (C=O) groups excluding carboxylic acids is 1. The Morgan fingerprint density at radius 3 is 2.73 bits per heavy atom. The van der Waals surface area contributed by atoms with Crippen molar-refractivity contribution < 1.29 is 18.0 Å². The fraction of sp³-hybridized carbons (Fsp3) is 0.533. The number of alkyl halides is 3. The number of halogens is 3. The van der Waals surface area contributed by atoms with Crippen molar-refractivity contribution in [3.05, 3.63) is 29.3 Å². The largest absolute Gasteiger partial charge is 0.401 e. The van der Waals surface area contributed by atoms with Gasteiger partial charge >= 0.3 is 6.18 Å². The quantitative estimate of drug-likeness (QED) is 0.893. The second-order valence-electron chi connectivity index (χ2n) is 5.33. The summed E-state index contributed by atoms with van der Waals surface area (Å²) in [5.74, 6) is -0.0994. The van der Waals surface area contributed by atoms with Crippen LogP contribution in [-0.2, 0) is 17.9 Å². The number of thioether (sulfide) groups is 1. The molecule has 1 aromatic carbocycles. The van der Waals surface area contributed by atoms with Gasteiger partial charge in [0.05, 0.1) is 11.8 Å². The third-order valence-electron chi connectivity index (χ3n) is 3.66. The molecule has 22 heavy (non-hydrogen) atoms. The summed E-state index contributed by atoms with van der Waals surface area (Å²) in [5, 5.41) is 2.71. The van der Waals surface area contributed by atoms with E-state index < -0.39 is 12.7 Å². The molecule has 0 aromatic heterocycles. The number of benzene rings is 1. The van der Waals surface area contributed by atoms with Crippen LogP contribution < -0.4 is 5.32 Å². The molecule has 0 spiro atoms. The number of carbonyl (C=O) groups is 1. The number of amides is 1. The third-order valence-corrected chi connectivity index (χ3v) is 4.77. The summed E-state index contributed by atoms with van der Waals surface area (Å²) in [5.41, 5.74) is 2.26. The molecule has 122 valence electrons. The molecule has 1 amide bonds. The molecule has 3 nitrogen and oxygen atoms in total. The Balaban J connectivity index is 2.12. The first-order chi connectivity index (χ1) is 10.3. The van der Waals surface area contributed by atoms with Crippen LogP contribution in [0.4, 0.5) is 18.9 Å². The van der Waals surface area contributed by atoms with Gasteiger partial charge in [-0.3, -0.25) is 9.69 Å². The smallest absolute Gasteiger partial charge is 0.325 e. The van der Waals surface area contributed by atoms with Crippen LogP contribution in [0.3, 0.4) is 0 Å². The molecule has 1 aliphatic rings. The predicted octanol–water partition coefficient (Wildman–Crippen LogP) is 3.64. The lowest BCUT2D eigenvalue weighted by atomic mass is 10.1. The van der Waals surface area contributed by atoms with E-state index in [9.17, 15) is 18.0 Å². The summed E-state index contributed by atoms with van der Waals surface area (Å²) < 4.78 is 37.6. The fourth-order valence-corrected chi connectivity index (χ4v) is 3.25. The van der Waals surface area contributed by atoms with Gasteiger partial charge in [-0.25, -0.2) is 0 Å². The van der Waals surface area contributed by atoms with Crippen LogP contribution in [0.25, 0.3) is 0 Å². The molecule has 1 aromatic rings. The lowest BCUT2D eigenvalue weighted by Gasteiger charge is -2.17. The normalized spacial score (nSPS) is 16.4. The SMILES string of the molecule is CC[C@@H](SC)C(=O)Nc1cccc2c1CN(CC(F)(F)F)C2. The van der Waals surface area contributed by atoms with E-state index in [4.69, 9.17) is 0 Å². The van der Waals surface area contributed by atoms with E-state index in [0.717, 1.165) is 11.1 Å². The van der Waals surface area contributed by atoms with Crippen molar-refractivity contribution in [1.82, 2.24) is 4.90 Å². The van der Waals surface area contributed by atoms with Crippen LogP contribution in [0.2, 0.25) is 0 Å². The molecular formula is C15H19F3N2OS. The van der Waals surface area contributed by atoms with Crippen LogP contribution >= 0.6 is 11.8 Å². The Morgan fingerprint density at radius 2 is 2.14 bits per heavy atom. The maximum absolute atomic E-state index is 12.5. The molecule has 1 heterocycles. The standard InChI is InChI=1S/C15H19F3N2OS/c1-3-13(22-2)14(21)19-12-6-4-5-10-7-20(8-11(10)12)9-15(16,17)18/h4-6,13H,3,7-9H2,1-2H3,(H,19,21)/t13-/m1/s1. The van der Waals surface area contributed by atoms with E-state index in [2.05, 4.69) is 5.32 Å². The van der Waals surface area contributed by atoms with Crippen molar-refractivity contribution >= 4 is 23.4 Å². The number of fused-ring (bicyclic) bond motifs is 1. The van der Waals surface area contributed by atoms with Crippen LogP contribution in [-0.4, -0.2) is 35.0 Å². The third kappa shape index (κ3) is 4.16. The monoisotopic (exact) mass is 332 g/mol. The number of rotatable bonds is 5. The van der Waals surface area contributed by atoms with Crippen molar-refractivity contribution in [3.63, 3.8) is 0 Å². The lowest BCUT2D eigenvalue weighted by molar-refractivity contribution is -0.147. The number of nitrogens with one attached hydrogen (secondary N) is 1. The molecule has 0 radical (unpaired) electrons. The molecule has 0 bridgehead atoms. The van der Waals surface area contributed by atoms with Gasteiger partial charge in [-0.05, 0) is 29.9 Å². The van der Waals surface area contributed by atoms with Gasteiger partial charge in [-0.1, -0.05) is 19.1 Å². The topological polar surface area (TPSA) is 32.3 Å². The first-order valence-electron chi connectivity index (χ1n) is 7.07. The Hall–Kier alpha value is -1.21. The van der Waals surface area contributed by atoms with E-state index >= 15 is 0 Å². The van der Waals surface area contributed by atoms with Crippen molar-refractivity contribution in [2.45, 2.75) is 37.9 Å². The predicted molar refractivity (Wildman–Crippen MR) is 82.8 cm³/mol. The Bertz CT molecular complexity index is 544. The molecule has 1 atom stereocenters. The molecule has 0 saturated carbocycles. The summed E-state index contributed by atoms with van der Waals surface area (Å²) in [4.78, 5) is 13.5. The highest BCUT2D eigenvalue weighted by molar-refractivity contribution is 7.99. The zero-order valence-electron chi connectivity index (χ0n) is 12.5. The van der Waals surface area contributed by atoms with Gasteiger partial charge in [0.1, 0.15) is 0 Å². The van der Waals surface area contributed by atoms with Gasteiger partial charge in [0.15, 0.2) is 0 Å². The summed E-state index contributed by atoms with van der Waals surface area (Å²) in [7, 11) is 0. The second kappa shape index (κ2) is 6.91. The minimum absolute atomic E-state index is 0.0994. The number of hydrogen-bond acceptors (Lipinski definition) is 3. The summed E-state index contributed by atoms with van der Waals surface area (Å²) in [6.45, 7) is 1.47. The molecule has 1 N–H and O–H groups in total. The van der Waals surface area contributed by atoms with Crippen molar-refractivity contribution in [1.29, 1.82) is 0 Å². The number of anilines is 1. The van der Waals surface area contributed by atoms with Gasteiger partial charge in [-0.15, -0.1) is 0 Å². The molecule has 0 saturated heterocycles. The Morgan fingerprint density at radius 1 is 1.41 bits per heavy atom. The molecular weight excluding hydrogens is 313 g/mol. The zero-order valence-corrected chi connectivity index (χ0v) is 13.4. The van der Waals surface area contributed by atoms with Gasteiger partial charge in [-0.2, -0.15) is 24.9 Å². The van der Waals surface area contributed by atoms with Crippen molar-refractivity contribution in [2.24, 2.45) is 0 Å². The average Bonchev–Trinajstić information content (AvgIpc) is 2.81. The van der Waals surface area contributed by atoms with E-state index in [1.807, 2.05) is 19.2 Å². The maximum Gasteiger partial charge on any atom is 0.401 e. The minimum Gasteiger partial charge on any atom is -0.325 e. The first-order valence-corrected chi connectivity index (χ1v) is 8.36. The second-order valence-corrected chi connectivity index (χ2v) is 6.37. The van der Waals surface area contributed by atoms with E-state index in [-0.39, 0.29) is 24.2 Å². The average molecular weight is 332 g/mol. The van der Waals surface area contributed by atoms with E-state index in [0.29, 0.717) is 12.1 Å². The highest BCUT2D eigenvalue weighted by atomic mass is 32.2. The van der Waals surface area contributed by atoms with Gasteiger partial charge in [0.25, 0.3) is 0 Å². The van der Waals surface area contributed by atoms with Gasteiger partial charge in [0.2, 0.25) is 5.91 Å². The Labute approximate surface area is 132 Å². The lowest BCUT2D eigenvalue weighted by Crippen LogP contribution is -2.30. The molecule has 1 aliphatic heterocycles. The van der Waals surface area contributed by atoms with Gasteiger partial charge < -0.3 is 5.32 Å². The molecule has 0 unspecified atom stereocenters. The minimum atomic E-state index is -4.21. The highest BCUT2D eigenvalue weighted by Gasteiger charge is 2.34. The summed E-state index contributed by atoms with van der Waals surface area (Å²) in [6, 6.07) is 5.33. The summed E-state index contributed by atoms with van der Waals surface area (Å²) >= 11 is 1.47. The summed E-state index contributed by atoms with van der Waals surface area (Å²) in [6.07, 6.45) is -1.63. The zero-order chi connectivity index (χ0) is 16.3. The van der Waals surface area contributed by atoms with E-state index in [1.54, 1.807) is 12.1 Å².